The van der Waals surface area contributed by atoms with Crippen LogP contribution in [0, 0.1) is 0 Å². The van der Waals surface area contributed by atoms with Crippen LogP contribution >= 0.6 is 0 Å². The molecule has 1 heteroatoms. The predicted molar refractivity (Wildman–Crippen MR) is 265 cm³/mol. The van der Waals surface area contributed by atoms with Gasteiger partial charge in [-0.3, -0.25) is 0 Å². The minimum absolute atomic E-state index is 0.117. The van der Waals surface area contributed by atoms with Gasteiger partial charge in [-0.2, -0.15) is 0 Å². The van der Waals surface area contributed by atoms with Gasteiger partial charge in [0.15, 0.2) is 0 Å². The third-order valence-electron chi connectivity index (χ3n) is 12.6. The van der Waals surface area contributed by atoms with E-state index in [0.717, 1.165) is 29.9 Å². The largest absolute Gasteiger partial charge is 0.310 e. The molecule has 0 unspecified atom stereocenters. The van der Waals surface area contributed by atoms with Crippen molar-refractivity contribution in [1.29, 1.82) is 0 Å². The number of nitrogens with zero attached hydrogens (tertiary/aromatic N) is 1. The van der Waals surface area contributed by atoms with E-state index in [4.69, 9.17) is 0 Å². The van der Waals surface area contributed by atoms with Crippen LogP contribution in [0.1, 0.15) is 54.5 Å². The van der Waals surface area contributed by atoms with Gasteiger partial charge in [-0.1, -0.05) is 214 Å². The molecule has 0 spiro atoms. The second-order valence-corrected chi connectivity index (χ2v) is 16.9. The zero-order valence-corrected chi connectivity index (χ0v) is 35.4. The van der Waals surface area contributed by atoms with Crippen LogP contribution in [0.25, 0.3) is 50.6 Å². The van der Waals surface area contributed by atoms with Crippen LogP contribution in [0.2, 0.25) is 0 Å². The van der Waals surface area contributed by atoms with E-state index in [1.807, 2.05) is 0 Å². The highest BCUT2D eigenvalue weighted by Crippen LogP contribution is 2.51. The molecule has 0 bridgehead atoms. The number of allylic oxidation sites excluding steroid dienone is 7. The highest BCUT2D eigenvalue weighted by Gasteiger charge is 2.35. The van der Waals surface area contributed by atoms with E-state index in [1.165, 1.54) is 77.9 Å². The van der Waals surface area contributed by atoms with E-state index in [9.17, 15) is 0 Å². The minimum Gasteiger partial charge on any atom is -0.310 e. The van der Waals surface area contributed by atoms with Gasteiger partial charge in [-0.25, -0.2) is 0 Å². The summed E-state index contributed by atoms with van der Waals surface area (Å²) < 4.78 is 0. The molecule has 0 atom stereocenters. The van der Waals surface area contributed by atoms with Gasteiger partial charge in [0.05, 0.1) is 0 Å². The summed E-state index contributed by atoms with van der Waals surface area (Å²) in [5.41, 5.74) is 21.0. The van der Waals surface area contributed by atoms with Gasteiger partial charge < -0.3 is 4.90 Å². The lowest BCUT2D eigenvalue weighted by Gasteiger charge is -2.29. The lowest BCUT2D eigenvalue weighted by Crippen LogP contribution is -2.16. The monoisotopic (exact) mass is 795 g/mol. The first-order chi connectivity index (χ1) is 30.5. The molecule has 2 aliphatic rings. The maximum Gasteiger partial charge on any atom is 0.0468 e. The molecule has 1 nitrogen and oxygen atoms in total. The molecule has 0 fully saturated rings. The van der Waals surface area contributed by atoms with Crippen LogP contribution in [0.5, 0.6) is 0 Å². The molecule has 0 heterocycles. The normalized spacial score (nSPS) is 14.0. The smallest absolute Gasteiger partial charge is 0.0468 e. The first-order valence-corrected chi connectivity index (χ1v) is 21.8. The van der Waals surface area contributed by atoms with Gasteiger partial charge in [0, 0.05) is 22.5 Å². The maximum absolute atomic E-state index is 2.44. The summed E-state index contributed by atoms with van der Waals surface area (Å²) in [7, 11) is 0. The molecule has 8 aromatic rings. The lowest BCUT2D eigenvalue weighted by molar-refractivity contribution is 0.660. The second-order valence-electron chi connectivity index (χ2n) is 16.9. The van der Waals surface area contributed by atoms with Crippen molar-refractivity contribution in [3.8, 4) is 33.4 Å². The number of rotatable bonds is 10. The maximum atomic E-state index is 2.44. The Morgan fingerprint density at radius 1 is 0.468 bits per heavy atom. The third-order valence-corrected chi connectivity index (χ3v) is 12.6. The van der Waals surface area contributed by atoms with Gasteiger partial charge in [-0.05, 0) is 127 Å². The van der Waals surface area contributed by atoms with Crippen molar-refractivity contribution < 1.29 is 0 Å². The first-order valence-electron chi connectivity index (χ1n) is 21.8. The summed E-state index contributed by atoms with van der Waals surface area (Å²) in [6, 6.07) is 75.0. The average Bonchev–Trinajstić information content (AvgIpc) is 3.43. The van der Waals surface area contributed by atoms with E-state index in [1.54, 1.807) is 0 Å². The molecule has 2 aliphatic carbocycles. The Morgan fingerprint density at radius 2 is 1.03 bits per heavy atom. The lowest BCUT2D eigenvalue weighted by atomic mass is 9.82. The standard InChI is InChI=1S/C61H49N/c1-61(2)59-29-16-15-28-56(59)57-39-37-54(43-60(57)61)62(52-34-32-48(33-35-52)46-21-9-4-10-22-46)53-36-38-55(58(42-53)49-25-13-6-14-26-49)50-27-17-20-45(30-31-50)41-51(47-23-11-5-12-24-47)40-44-18-7-3-8-19-44/h3-16,18-40,42-43H,17,41H2,1-2H3/b51-40-. The summed E-state index contributed by atoms with van der Waals surface area (Å²) in [6.07, 6.45) is 13.5. The van der Waals surface area contributed by atoms with E-state index >= 15 is 0 Å². The number of anilines is 3. The molecular weight excluding hydrogens is 747 g/mol. The molecule has 0 radical (unpaired) electrons. The Balaban J connectivity index is 1.05. The molecule has 0 saturated heterocycles. The minimum atomic E-state index is -0.117. The van der Waals surface area contributed by atoms with Crippen molar-refractivity contribution >= 4 is 34.3 Å². The van der Waals surface area contributed by atoms with Crippen molar-refractivity contribution in [2.24, 2.45) is 0 Å². The van der Waals surface area contributed by atoms with Gasteiger partial charge in [0.1, 0.15) is 0 Å². The number of hydrogen-bond donors (Lipinski definition) is 0. The molecule has 8 aromatic carbocycles. The fourth-order valence-corrected chi connectivity index (χ4v) is 9.35. The Kier molecular flexibility index (Phi) is 10.5. The number of fused-ring (bicyclic) bond motifs is 3. The fraction of sp³-hybridized carbons (Fsp3) is 0.0820. The van der Waals surface area contributed by atoms with Crippen LogP contribution in [-0.2, 0) is 5.41 Å². The Hall–Kier alpha value is -7.48. The SMILES string of the molecule is CC1(C)c2ccccc2-c2ccc(N(c3ccc(-c4ccccc4)cc3)c3ccc(C4=CCC=C(C/C(=C/c5ccccc5)c5ccccc5)C=C4)c(-c4ccccc4)c3)cc21. The van der Waals surface area contributed by atoms with Gasteiger partial charge >= 0.3 is 0 Å². The molecule has 298 valence electrons. The Labute approximate surface area is 367 Å². The van der Waals surface area contributed by atoms with E-state index < -0.39 is 0 Å². The van der Waals surface area contributed by atoms with Crippen LogP contribution in [0.3, 0.4) is 0 Å². The molecule has 0 aromatic heterocycles. The van der Waals surface area contributed by atoms with Crippen LogP contribution < -0.4 is 4.90 Å². The van der Waals surface area contributed by atoms with Crippen molar-refractivity contribution in [3.63, 3.8) is 0 Å². The zero-order chi connectivity index (χ0) is 41.9. The molecule has 10 rings (SSSR count). The molecular formula is C61H49N. The van der Waals surface area contributed by atoms with E-state index in [2.05, 4.69) is 255 Å². The summed E-state index contributed by atoms with van der Waals surface area (Å²) in [5.74, 6) is 0. The summed E-state index contributed by atoms with van der Waals surface area (Å²) in [6.45, 7) is 4.72. The number of hydrogen-bond acceptors (Lipinski definition) is 1. The Bertz CT molecular complexity index is 2990. The predicted octanol–water partition coefficient (Wildman–Crippen LogP) is 16.7. The van der Waals surface area contributed by atoms with Gasteiger partial charge in [0.25, 0.3) is 0 Å². The quantitative estimate of drug-likeness (QED) is 0.125. The Morgan fingerprint density at radius 3 is 1.76 bits per heavy atom. The third kappa shape index (κ3) is 7.70. The highest BCUT2D eigenvalue weighted by atomic mass is 15.1. The number of benzene rings is 8. The molecule has 0 saturated carbocycles. The van der Waals surface area contributed by atoms with Crippen LogP contribution in [0.15, 0.2) is 236 Å². The van der Waals surface area contributed by atoms with Gasteiger partial charge in [-0.15, -0.1) is 0 Å². The molecule has 0 aliphatic heterocycles. The summed E-state index contributed by atoms with van der Waals surface area (Å²) >= 11 is 0. The van der Waals surface area contributed by atoms with Crippen molar-refractivity contribution in [2.45, 2.75) is 32.1 Å². The summed E-state index contributed by atoms with van der Waals surface area (Å²) in [4.78, 5) is 2.44. The van der Waals surface area contributed by atoms with E-state index in [-0.39, 0.29) is 5.41 Å². The van der Waals surface area contributed by atoms with Crippen molar-refractivity contribution in [2.75, 3.05) is 4.90 Å². The molecule has 0 amide bonds. The molecule has 62 heavy (non-hydrogen) atoms. The van der Waals surface area contributed by atoms with Crippen molar-refractivity contribution in [1.82, 2.24) is 0 Å². The average molecular weight is 796 g/mol. The summed E-state index contributed by atoms with van der Waals surface area (Å²) in [5, 5.41) is 0. The second kappa shape index (κ2) is 16.9. The molecule has 0 N–H and O–H groups in total. The van der Waals surface area contributed by atoms with Crippen molar-refractivity contribution in [3.05, 3.63) is 264 Å². The van der Waals surface area contributed by atoms with Gasteiger partial charge in [0.2, 0.25) is 0 Å². The fourth-order valence-electron chi connectivity index (χ4n) is 9.35. The van der Waals surface area contributed by atoms with Crippen LogP contribution in [-0.4, -0.2) is 0 Å². The van der Waals surface area contributed by atoms with E-state index in [0.29, 0.717) is 0 Å². The highest BCUT2D eigenvalue weighted by molar-refractivity contribution is 5.92. The zero-order valence-electron chi connectivity index (χ0n) is 35.4. The topological polar surface area (TPSA) is 3.24 Å². The first kappa shape index (κ1) is 38.7. The van der Waals surface area contributed by atoms with Crippen LogP contribution in [0.4, 0.5) is 17.1 Å².